The number of hydrogen-bond donors (Lipinski definition) is 3. The van der Waals surface area contributed by atoms with Gasteiger partial charge in [-0.2, -0.15) is 0 Å². The van der Waals surface area contributed by atoms with Gasteiger partial charge in [0, 0.05) is 18.5 Å². The number of imidazole rings is 1. The van der Waals surface area contributed by atoms with Crippen LogP contribution in [0.5, 0.6) is 0 Å². The SMILES string of the molecule is Cl.Cl.N[C@@H](CO)C(=O)N1CCc2nc(-c3cccc(F)c3)[nH]c2C1. The Labute approximate surface area is 151 Å². The van der Waals surface area contributed by atoms with Crippen molar-refractivity contribution in [1.82, 2.24) is 14.9 Å². The number of nitrogens with two attached hydrogens (primary N) is 1. The van der Waals surface area contributed by atoms with E-state index in [1.165, 1.54) is 12.1 Å². The number of fused-ring (bicyclic) bond motifs is 1. The first-order valence-electron chi connectivity index (χ1n) is 7.07. The third-order valence-corrected chi connectivity index (χ3v) is 3.76. The number of halogens is 3. The Bertz CT molecular complexity index is 711. The van der Waals surface area contributed by atoms with Crippen LogP contribution < -0.4 is 5.73 Å². The maximum Gasteiger partial charge on any atom is 0.242 e. The van der Waals surface area contributed by atoms with Crippen molar-refractivity contribution in [1.29, 1.82) is 0 Å². The second kappa shape index (κ2) is 8.43. The fourth-order valence-electron chi connectivity index (χ4n) is 2.57. The van der Waals surface area contributed by atoms with E-state index < -0.39 is 6.04 Å². The predicted octanol–water partition coefficient (Wildman–Crippen LogP) is 1.26. The molecule has 0 unspecified atom stereocenters. The normalized spacial score (nSPS) is 14.2. The number of nitrogens with zero attached hydrogens (tertiary/aromatic N) is 2. The Morgan fingerprint density at radius 1 is 1.46 bits per heavy atom. The quantitative estimate of drug-likeness (QED) is 0.751. The van der Waals surface area contributed by atoms with E-state index in [0.29, 0.717) is 30.9 Å². The summed E-state index contributed by atoms with van der Waals surface area (Å²) < 4.78 is 13.3. The fraction of sp³-hybridized carbons (Fsp3) is 0.333. The van der Waals surface area contributed by atoms with Crippen molar-refractivity contribution in [2.45, 2.75) is 19.0 Å². The maximum absolute atomic E-state index is 13.3. The van der Waals surface area contributed by atoms with Gasteiger partial charge in [-0.25, -0.2) is 9.37 Å². The van der Waals surface area contributed by atoms with Crippen LogP contribution in [0.25, 0.3) is 11.4 Å². The molecule has 6 nitrogen and oxygen atoms in total. The molecule has 3 rings (SSSR count). The summed E-state index contributed by atoms with van der Waals surface area (Å²) in [6.45, 7) is 0.497. The molecular formula is C15H19Cl2FN4O2. The molecule has 1 aromatic heterocycles. The van der Waals surface area contributed by atoms with Gasteiger partial charge in [0.1, 0.15) is 17.7 Å². The fourth-order valence-corrected chi connectivity index (χ4v) is 2.57. The molecule has 4 N–H and O–H groups in total. The molecule has 0 bridgehead atoms. The summed E-state index contributed by atoms with van der Waals surface area (Å²) in [5.41, 5.74) is 7.94. The number of aromatic nitrogens is 2. The number of amides is 1. The first-order chi connectivity index (χ1) is 10.6. The van der Waals surface area contributed by atoms with E-state index >= 15 is 0 Å². The Morgan fingerprint density at radius 2 is 2.21 bits per heavy atom. The van der Waals surface area contributed by atoms with Gasteiger partial charge in [-0.15, -0.1) is 24.8 Å². The van der Waals surface area contributed by atoms with Crippen molar-refractivity contribution in [3.63, 3.8) is 0 Å². The lowest BCUT2D eigenvalue weighted by molar-refractivity contribution is -0.134. The van der Waals surface area contributed by atoms with Gasteiger partial charge in [-0.3, -0.25) is 4.79 Å². The zero-order valence-corrected chi connectivity index (χ0v) is 14.4. The third-order valence-electron chi connectivity index (χ3n) is 3.76. The van der Waals surface area contributed by atoms with Crippen LogP contribution >= 0.6 is 24.8 Å². The highest BCUT2D eigenvalue weighted by Crippen LogP contribution is 2.23. The molecule has 0 spiro atoms. The first-order valence-corrected chi connectivity index (χ1v) is 7.07. The molecule has 1 aromatic carbocycles. The van der Waals surface area contributed by atoms with E-state index in [-0.39, 0.29) is 43.1 Å². The van der Waals surface area contributed by atoms with Crippen LogP contribution in [0.3, 0.4) is 0 Å². The molecule has 0 fully saturated rings. The number of H-pyrrole nitrogens is 1. The Kier molecular flexibility index (Phi) is 7.16. The molecule has 2 aromatic rings. The molecule has 9 heteroatoms. The number of benzene rings is 1. The largest absolute Gasteiger partial charge is 0.394 e. The van der Waals surface area contributed by atoms with Crippen LogP contribution in [-0.4, -0.2) is 45.1 Å². The number of nitrogens with one attached hydrogen (secondary N) is 1. The molecule has 2 heterocycles. The number of carbonyl (C=O) groups excluding carboxylic acids is 1. The highest BCUT2D eigenvalue weighted by Gasteiger charge is 2.26. The summed E-state index contributed by atoms with van der Waals surface area (Å²) in [5.74, 6) is -0.0158. The summed E-state index contributed by atoms with van der Waals surface area (Å²) in [4.78, 5) is 21.2. The number of hydrogen-bond acceptors (Lipinski definition) is 4. The van der Waals surface area contributed by atoms with Gasteiger partial charge in [-0.05, 0) is 12.1 Å². The van der Waals surface area contributed by atoms with Gasteiger partial charge in [0.25, 0.3) is 0 Å². The van der Waals surface area contributed by atoms with E-state index in [4.69, 9.17) is 10.8 Å². The second-order valence-electron chi connectivity index (χ2n) is 5.32. The zero-order chi connectivity index (χ0) is 15.7. The molecule has 1 aliphatic heterocycles. The van der Waals surface area contributed by atoms with Gasteiger partial charge < -0.3 is 20.7 Å². The average Bonchev–Trinajstić information content (AvgIpc) is 2.96. The Balaban J connectivity index is 0.00000144. The van der Waals surface area contributed by atoms with E-state index in [1.807, 2.05) is 0 Å². The summed E-state index contributed by atoms with van der Waals surface area (Å²) in [6.07, 6.45) is 0.602. The number of aliphatic hydroxyl groups is 1. The summed E-state index contributed by atoms with van der Waals surface area (Å²) in [7, 11) is 0. The van der Waals surface area contributed by atoms with Crippen LogP contribution in [-0.2, 0) is 17.8 Å². The van der Waals surface area contributed by atoms with Crippen LogP contribution in [0.4, 0.5) is 4.39 Å². The maximum atomic E-state index is 13.3. The highest BCUT2D eigenvalue weighted by atomic mass is 35.5. The number of aliphatic hydroxyl groups excluding tert-OH is 1. The smallest absolute Gasteiger partial charge is 0.242 e. The minimum atomic E-state index is -0.896. The number of rotatable bonds is 3. The summed E-state index contributed by atoms with van der Waals surface area (Å²) >= 11 is 0. The molecule has 0 saturated carbocycles. The van der Waals surface area contributed by atoms with Crippen LogP contribution in [0.1, 0.15) is 11.4 Å². The molecule has 0 saturated heterocycles. The van der Waals surface area contributed by atoms with Crippen molar-refractivity contribution < 1.29 is 14.3 Å². The molecule has 1 amide bonds. The number of aromatic amines is 1. The lowest BCUT2D eigenvalue weighted by atomic mass is 10.1. The number of carbonyl (C=O) groups is 1. The topological polar surface area (TPSA) is 95.2 Å². The molecular weight excluding hydrogens is 358 g/mol. The van der Waals surface area contributed by atoms with Crippen molar-refractivity contribution >= 4 is 30.7 Å². The molecule has 24 heavy (non-hydrogen) atoms. The molecule has 0 radical (unpaired) electrons. The Hall–Kier alpha value is -1.67. The van der Waals surface area contributed by atoms with E-state index in [1.54, 1.807) is 17.0 Å². The van der Waals surface area contributed by atoms with Crippen molar-refractivity contribution in [3.05, 3.63) is 41.5 Å². The summed E-state index contributed by atoms with van der Waals surface area (Å²) in [5, 5.41) is 8.98. The first kappa shape index (κ1) is 20.4. The van der Waals surface area contributed by atoms with E-state index in [2.05, 4.69) is 9.97 Å². The van der Waals surface area contributed by atoms with Gasteiger partial charge in [0.05, 0.1) is 24.5 Å². The van der Waals surface area contributed by atoms with Crippen molar-refractivity contribution in [2.24, 2.45) is 5.73 Å². The monoisotopic (exact) mass is 376 g/mol. The van der Waals surface area contributed by atoms with Crippen molar-refractivity contribution in [2.75, 3.05) is 13.2 Å². The van der Waals surface area contributed by atoms with Gasteiger partial charge in [0.15, 0.2) is 0 Å². The standard InChI is InChI=1S/C15H17FN4O2.2ClH/c16-10-3-1-2-9(6-10)14-18-12-4-5-20(7-13(12)19-14)15(22)11(17)8-21;;/h1-3,6,11,21H,4-5,7-8,17H2,(H,18,19);2*1H/t11-;;/m0../s1. The average molecular weight is 377 g/mol. The lowest BCUT2D eigenvalue weighted by Crippen LogP contribution is -2.47. The van der Waals surface area contributed by atoms with E-state index in [9.17, 15) is 9.18 Å². The summed E-state index contributed by atoms with van der Waals surface area (Å²) in [6, 6.07) is 5.30. The minimum absolute atomic E-state index is 0. The predicted molar refractivity (Wildman–Crippen MR) is 92.7 cm³/mol. The Morgan fingerprint density at radius 3 is 2.88 bits per heavy atom. The van der Waals surface area contributed by atoms with Gasteiger partial charge >= 0.3 is 0 Å². The molecule has 1 aliphatic rings. The molecule has 0 aliphatic carbocycles. The highest BCUT2D eigenvalue weighted by molar-refractivity contribution is 5.85. The van der Waals surface area contributed by atoms with Gasteiger partial charge in [-0.1, -0.05) is 12.1 Å². The van der Waals surface area contributed by atoms with Crippen LogP contribution in [0, 0.1) is 5.82 Å². The van der Waals surface area contributed by atoms with Crippen molar-refractivity contribution in [3.8, 4) is 11.4 Å². The third kappa shape index (κ3) is 4.05. The molecule has 132 valence electrons. The van der Waals surface area contributed by atoms with E-state index in [0.717, 1.165) is 11.4 Å². The lowest BCUT2D eigenvalue weighted by Gasteiger charge is -2.28. The van der Waals surface area contributed by atoms with Crippen LogP contribution in [0.15, 0.2) is 24.3 Å². The minimum Gasteiger partial charge on any atom is -0.394 e. The van der Waals surface area contributed by atoms with Gasteiger partial charge in [0.2, 0.25) is 5.91 Å². The molecule has 1 atom stereocenters. The van der Waals surface area contributed by atoms with Crippen LogP contribution in [0.2, 0.25) is 0 Å². The zero-order valence-electron chi connectivity index (χ0n) is 12.7. The second-order valence-corrected chi connectivity index (χ2v) is 5.32.